The van der Waals surface area contributed by atoms with E-state index in [0.29, 0.717) is 24.4 Å². The highest BCUT2D eigenvalue weighted by atomic mass is 16.2. The molecule has 2 aliphatic rings. The van der Waals surface area contributed by atoms with Crippen LogP contribution in [0, 0.1) is 11.8 Å². The first kappa shape index (κ1) is 17.7. The van der Waals surface area contributed by atoms with Gasteiger partial charge >= 0.3 is 0 Å². The van der Waals surface area contributed by atoms with Gasteiger partial charge in [-0.1, -0.05) is 19.8 Å². The Morgan fingerprint density at radius 1 is 1.18 bits per heavy atom. The van der Waals surface area contributed by atoms with Crippen molar-refractivity contribution < 1.29 is 4.79 Å². The van der Waals surface area contributed by atoms with Crippen molar-refractivity contribution in [2.45, 2.75) is 57.9 Å². The molecule has 2 fully saturated rings. The number of nitrogens with one attached hydrogen (secondary N) is 1. The molecule has 0 aromatic heterocycles. The van der Waals surface area contributed by atoms with E-state index in [9.17, 15) is 4.79 Å². The lowest BCUT2D eigenvalue weighted by molar-refractivity contribution is -0.135. The third-order valence-corrected chi connectivity index (χ3v) is 5.83. The third-order valence-electron chi connectivity index (χ3n) is 5.83. The van der Waals surface area contributed by atoms with Crippen LogP contribution in [-0.4, -0.2) is 62.0 Å². The van der Waals surface area contributed by atoms with Gasteiger partial charge in [0.1, 0.15) is 0 Å². The number of carbonyl (C=O) groups is 1. The Bertz CT molecular complexity index is 339. The van der Waals surface area contributed by atoms with Gasteiger partial charge in [0.25, 0.3) is 0 Å². The van der Waals surface area contributed by atoms with Crippen molar-refractivity contribution in [3.8, 4) is 0 Å². The molecule has 1 heterocycles. The SMILES string of the molecule is CNCCC1CCN(CC(=O)N(C)C2CCCCC2C)CC1. The first-order valence-electron chi connectivity index (χ1n) is 9.24. The Labute approximate surface area is 136 Å². The van der Waals surface area contributed by atoms with Gasteiger partial charge < -0.3 is 10.2 Å². The van der Waals surface area contributed by atoms with Gasteiger partial charge in [-0.25, -0.2) is 0 Å². The van der Waals surface area contributed by atoms with Crippen LogP contribution in [0.3, 0.4) is 0 Å². The molecule has 2 unspecified atom stereocenters. The molecular formula is C18H35N3O. The normalized spacial score (nSPS) is 27.8. The van der Waals surface area contributed by atoms with Gasteiger partial charge in [-0.2, -0.15) is 0 Å². The summed E-state index contributed by atoms with van der Waals surface area (Å²) >= 11 is 0. The molecule has 128 valence electrons. The van der Waals surface area contributed by atoms with Crippen LogP contribution in [0.2, 0.25) is 0 Å². The molecule has 0 spiro atoms. The van der Waals surface area contributed by atoms with Crippen LogP contribution in [0.25, 0.3) is 0 Å². The Morgan fingerprint density at radius 2 is 1.86 bits per heavy atom. The largest absolute Gasteiger partial charge is 0.341 e. The molecule has 4 nitrogen and oxygen atoms in total. The molecule has 22 heavy (non-hydrogen) atoms. The van der Waals surface area contributed by atoms with Crippen molar-refractivity contribution in [3.63, 3.8) is 0 Å². The van der Waals surface area contributed by atoms with Crippen molar-refractivity contribution in [1.82, 2.24) is 15.1 Å². The van der Waals surface area contributed by atoms with Gasteiger partial charge in [0.05, 0.1) is 6.54 Å². The number of hydrogen-bond donors (Lipinski definition) is 1. The Hall–Kier alpha value is -0.610. The number of likely N-dealkylation sites (N-methyl/N-ethyl adjacent to an activating group) is 1. The van der Waals surface area contributed by atoms with Crippen LogP contribution in [0.5, 0.6) is 0 Å². The Balaban J connectivity index is 1.73. The summed E-state index contributed by atoms with van der Waals surface area (Å²) in [6.45, 7) is 6.23. The molecule has 0 radical (unpaired) electrons. The van der Waals surface area contributed by atoms with E-state index in [2.05, 4.69) is 22.0 Å². The maximum atomic E-state index is 12.6. The quantitative estimate of drug-likeness (QED) is 0.818. The summed E-state index contributed by atoms with van der Waals surface area (Å²) in [6.07, 6.45) is 8.85. The summed E-state index contributed by atoms with van der Waals surface area (Å²) in [5.74, 6) is 1.83. The van der Waals surface area contributed by atoms with Gasteiger partial charge in [0, 0.05) is 13.1 Å². The van der Waals surface area contributed by atoms with E-state index in [-0.39, 0.29) is 0 Å². The monoisotopic (exact) mass is 309 g/mol. The topological polar surface area (TPSA) is 35.6 Å². The zero-order valence-corrected chi connectivity index (χ0v) is 14.8. The molecule has 0 aromatic carbocycles. The summed E-state index contributed by atoms with van der Waals surface area (Å²) in [7, 11) is 4.05. The number of carbonyl (C=O) groups excluding carboxylic acids is 1. The molecule has 1 saturated heterocycles. The van der Waals surface area contributed by atoms with Crippen molar-refractivity contribution in [2.75, 3.05) is 40.3 Å². The molecule has 1 amide bonds. The van der Waals surface area contributed by atoms with E-state index in [1.807, 2.05) is 14.1 Å². The minimum Gasteiger partial charge on any atom is -0.341 e. The van der Waals surface area contributed by atoms with Crippen LogP contribution >= 0.6 is 0 Å². The highest BCUT2D eigenvalue weighted by Crippen LogP contribution is 2.27. The van der Waals surface area contributed by atoms with Gasteiger partial charge in [-0.05, 0) is 70.6 Å². The highest BCUT2D eigenvalue weighted by Gasteiger charge is 2.29. The first-order chi connectivity index (χ1) is 10.6. The van der Waals surface area contributed by atoms with Crippen molar-refractivity contribution >= 4 is 5.91 Å². The zero-order valence-electron chi connectivity index (χ0n) is 14.8. The lowest BCUT2D eigenvalue weighted by Gasteiger charge is -2.38. The third kappa shape index (κ3) is 4.95. The molecule has 1 N–H and O–H groups in total. The number of rotatable bonds is 6. The van der Waals surface area contributed by atoms with E-state index in [4.69, 9.17) is 0 Å². The lowest BCUT2D eigenvalue weighted by atomic mass is 9.85. The molecule has 4 heteroatoms. The van der Waals surface area contributed by atoms with E-state index in [1.54, 1.807) is 0 Å². The zero-order chi connectivity index (χ0) is 15.9. The van der Waals surface area contributed by atoms with E-state index < -0.39 is 0 Å². The van der Waals surface area contributed by atoms with Crippen molar-refractivity contribution in [1.29, 1.82) is 0 Å². The van der Waals surface area contributed by atoms with Gasteiger partial charge in [0.15, 0.2) is 0 Å². The first-order valence-corrected chi connectivity index (χ1v) is 9.24. The fourth-order valence-corrected chi connectivity index (χ4v) is 4.14. The van der Waals surface area contributed by atoms with Crippen LogP contribution < -0.4 is 5.32 Å². The van der Waals surface area contributed by atoms with Crippen molar-refractivity contribution in [3.05, 3.63) is 0 Å². The number of nitrogens with zero attached hydrogens (tertiary/aromatic N) is 2. The van der Waals surface area contributed by atoms with Gasteiger partial charge in [-0.3, -0.25) is 9.69 Å². The predicted octanol–water partition coefficient (Wildman–Crippen LogP) is 2.34. The summed E-state index contributed by atoms with van der Waals surface area (Å²) < 4.78 is 0. The Kier molecular flexibility index (Phi) is 7.16. The maximum Gasteiger partial charge on any atom is 0.236 e. The van der Waals surface area contributed by atoms with E-state index in [0.717, 1.165) is 25.6 Å². The van der Waals surface area contributed by atoms with E-state index >= 15 is 0 Å². The standard InChI is InChI=1S/C18H35N3O/c1-15-6-4-5-7-17(15)20(3)18(22)14-21-12-9-16(10-13-21)8-11-19-2/h15-17,19H,4-14H2,1-3H3. The molecule has 2 atom stereocenters. The minimum atomic E-state index is 0.326. The second-order valence-electron chi connectivity index (χ2n) is 7.45. The number of piperidine rings is 1. The van der Waals surface area contributed by atoms with Gasteiger partial charge in [-0.15, -0.1) is 0 Å². The summed E-state index contributed by atoms with van der Waals surface area (Å²) in [4.78, 5) is 17.0. The highest BCUT2D eigenvalue weighted by molar-refractivity contribution is 5.78. The lowest BCUT2D eigenvalue weighted by Crippen LogP contribution is -2.48. The molecular weight excluding hydrogens is 274 g/mol. The average Bonchev–Trinajstić information content (AvgIpc) is 2.54. The number of hydrogen-bond acceptors (Lipinski definition) is 3. The number of likely N-dealkylation sites (tertiary alicyclic amines) is 1. The Morgan fingerprint density at radius 3 is 2.50 bits per heavy atom. The van der Waals surface area contributed by atoms with Crippen LogP contribution in [0.15, 0.2) is 0 Å². The van der Waals surface area contributed by atoms with Crippen molar-refractivity contribution in [2.24, 2.45) is 11.8 Å². The van der Waals surface area contributed by atoms with E-state index in [1.165, 1.54) is 44.9 Å². The molecule has 0 aromatic rings. The smallest absolute Gasteiger partial charge is 0.236 e. The summed E-state index contributed by atoms with van der Waals surface area (Å²) in [5.41, 5.74) is 0. The summed E-state index contributed by atoms with van der Waals surface area (Å²) in [5, 5.41) is 3.24. The molecule has 0 bridgehead atoms. The fraction of sp³-hybridized carbons (Fsp3) is 0.944. The molecule has 2 rings (SSSR count). The molecule has 1 aliphatic carbocycles. The maximum absolute atomic E-state index is 12.6. The molecule has 1 saturated carbocycles. The minimum absolute atomic E-state index is 0.326. The van der Waals surface area contributed by atoms with Crippen LogP contribution in [-0.2, 0) is 4.79 Å². The van der Waals surface area contributed by atoms with Gasteiger partial charge in [0.2, 0.25) is 5.91 Å². The number of amides is 1. The second kappa shape index (κ2) is 8.88. The van der Waals surface area contributed by atoms with Crippen LogP contribution in [0.1, 0.15) is 51.9 Å². The van der Waals surface area contributed by atoms with Crippen LogP contribution in [0.4, 0.5) is 0 Å². The second-order valence-corrected chi connectivity index (χ2v) is 7.45. The average molecular weight is 309 g/mol. The predicted molar refractivity (Wildman–Crippen MR) is 91.9 cm³/mol. The molecule has 1 aliphatic heterocycles. The fourth-order valence-electron chi connectivity index (χ4n) is 4.14. The summed E-state index contributed by atoms with van der Waals surface area (Å²) in [6, 6.07) is 0.467.